The summed E-state index contributed by atoms with van der Waals surface area (Å²) in [5.74, 6) is -1.82. The average Bonchev–Trinajstić information content (AvgIpc) is 3.21. The highest BCUT2D eigenvalue weighted by Gasteiger charge is 2.66. The number of carbonyl (C=O) groups is 2. The minimum absolute atomic E-state index is 0.174. The van der Waals surface area contributed by atoms with Crippen LogP contribution in [0.25, 0.3) is 0 Å². The standard InChI is InChI=1S/C23H33FN2O9Si/c1-10-19(36(3,4)24)14(7-8-27)35-23(10)12-9-11(5-6-13(12)26(2)22(23)33)25-20(31)18-16(29)15(28)17(30)21(32)34-18/h5-6,9-10,14-19,21,27-30,32H,7-8H2,1-4H3,(H,25,31)/t10-,14+,15-,16-,17+,18-,19-,21+,23+/m0/s1. The molecule has 2 fully saturated rings. The molecule has 1 aromatic rings. The van der Waals surface area contributed by atoms with Crippen molar-refractivity contribution in [3.63, 3.8) is 0 Å². The van der Waals surface area contributed by atoms with Gasteiger partial charge in [0.15, 0.2) is 18.0 Å². The number of carbonyl (C=O) groups excluding carboxylic acids is 2. The summed E-state index contributed by atoms with van der Waals surface area (Å²) in [6.45, 7) is 4.65. The molecular formula is C23H33FN2O9Si. The van der Waals surface area contributed by atoms with E-state index in [2.05, 4.69) is 5.32 Å². The van der Waals surface area contributed by atoms with Crippen LogP contribution in [-0.2, 0) is 24.7 Å². The van der Waals surface area contributed by atoms with Gasteiger partial charge in [-0.3, -0.25) is 9.59 Å². The summed E-state index contributed by atoms with van der Waals surface area (Å²) >= 11 is 0. The molecule has 11 nitrogen and oxygen atoms in total. The molecule has 3 aliphatic heterocycles. The number of hydrogen-bond acceptors (Lipinski definition) is 9. The molecule has 3 aliphatic rings. The fourth-order valence-corrected chi connectivity index (χ4v) is 8.46. The predicted octanol–water partition coefficient (Wildman–Crippen LogP) is -0.441. The molecule has 0 radical (unpaired) electrons. The van der Waals surface area contributed by atoms with Gasteiger partial charge >= 0.3 is 0 Å². The molecule has 1 aromatic carbocycles. The zero-order valence-corrected chi connectivity index (χ0v) is 21.5. The Morgan fingerprint density at radius 3 is 2.47 bits per heavy atom. The van der Waals surface area contributed by atoms with Crippen LogP contribution in [0.3, 0.4) is 0 Å². The van der Waals surface area contributed by atoms with E-state index in [1.165, 1.54) is 17.0 Å². The van der Waals surface area contributed by atoms with Crippen LogP contribution in [0.5, 0.6) is 0 Å². The fourth-order valence-electron chi connectivity index (χ4n) is 5.92. The first kappa shape index (κ1) is 27.1. The van der Waals surface area contributed by atoms with Crippen LogP contribution >= 0.6 is 0 Å². The molecule has 200 valence electrons. The van der Waals surface area contributed by atoms with Gasteiger partial charge in [0.05, 0.1) is 11.8 Å². The third-order valence-electron chi connectivity index (χ3n) is 7.62. The van der Waals surface area contributed by atoms with Gasteiger partial charge in [-0.05, 0) is 37.7 Å². The van der Waals surface area contributed by atoms with Crippen LogP contribution in [0.15, 0.2) is 18.2 Å². The largest absolute Gasteiger partial charge is 0.396 e. The minimum atomic E-state index is -3.33. The minimum Gasteiger partial charge on any atom is -0.396 e. The first-order valence-electron chi connectivity index (χ1n) is 11.8. The van der Waals surface area contributed by atoms with E-state index < -0.39 is 68.2 Å². The topological polar surface area (TPSA) is 169 Å². The highest BCUT2D eigenvalue weighted by molar-refractivity contribution is 6.72. The van der Waals surface area contributed by atoms with Gasteiger partial charge in [0, 0.05) is 36.4 Å². The Balaban J connectivity index is 1.68. The normalized spacial score (nSPS) is 38.5. The third kappa shape index (κ3) is 4.07. The lowest BCUT2D eigenvalue weighted by Gasteiger charge is -2.37. The van der Waals surface area contributed by atoms with Gasteiger partial charge < -0.3 is 49.3 Å². The Bertz CT molecular complexity index is 1040. The van der Waals surface area contributed by atoms with E-state index in [0.29, 0.717) is 11.3 Å². The summed E-state index contributed by atoms with van der Waals surface area (Å²) in [5, 5.41) is 51.5. The molecule has 9 atom stereocenters. The maximum absolute atomic E-state index is 15.4. The van der Waals surface area contributed by atoms with E-state index >= 15 is 4.11 Å². The van der Waals surface area contributed by atoms with Gasteiger partial charge in [-0.15, -0.1) is 0 Å². The summed E-state index contributed by atoms with van der Waals surface area (Å²) in [6.07, 6.45) is -9.44. The number of fused-ring (bicyclic) bond motifs is 2. The van der Waals surface area contributed by atoms with Gasteiger partial charge in [-0.2, -0.15) is 0 Å². The van der Waals surface area contributed by atoms with Crippen LogP contribution in [0.1, 0.15) is 18.9 Å². The van der Waals surface area contributed by atoms with Crippen molar-refractivity contribution in [3.05, 3.63) is 23.8 Å². The molecule has 0 saturated carbocycles. The second-order valence-electron chi connectivity index (χ2n) is 10.3. The zero-order chi connectivity index (χ0) is 26.7. The van der Waals surface area contributed by atoms with Crippen LogP contribution in [0.4, 0.5) is 15.5 Å². The van der Waals surface area contributed by atoms with Crippen molar-refractivity contribution in [1.29, 1.82) is 0 Å². The number of ether oxygens (including phenoxy) is 2. The summed E-state index contributed by atoms with van der Waals surface area (Å²) in [5.41, 5.74) is -0.907. The number of benzene rings is 1. The van der Waals surface area contributed by atoms with Crippen molar-refractivity contribution in [3.8, 4) is 0 Å². The lowest BCUT2D eigenvalue weighted by atomic mass is 9.82. The maximum atomic E-state index is 15.4. The first-order chi connectivity index (χ1) is 16.7. The molecule has 0 unspecified atom stereocenters. The summed E-state index contributed by atoms with van der Waals surface area (Å²) < 4.78 is 26.7. The zero-order valence-electron chi connectivity index (χ0n) is 20.5. The molecule has 0 aliphatic carbocycles. The highest BCUT2D eigenvalue weighted by Crippen LogP contribution is 2.60. The number of likely N-dealkylation sites (N-methyl/N-ethyl adjacent to an activating group) is 1. The van der Waals surface area contributed by atoms with Gasteiger partial charge in [0.25, 0.3) is 11.8 Å². The molecule has 2 saturated heterocycles. The summed E-state index contributed by atoms with van der Waals surface area (Å²) in [6, 6.07) is 4.66. The van der Waals surface area contributed by atoms with Crippen LogP contribution in [0.2, 0.25) is 18.6 Å². The van der Waals surface area contributed by atoms with Crippen LogP contribution in [-0.4, -0.2) is 96.2 Å². The lowest BCUT2D eigenvalue weighted by Crippen LogP contribution is -2.60. The number of hydrogen-bond donors (Lipinski definition) is 6. The van der Waals surface area contributed by atoms with Crippen molar-refractivity contribution in [1.82, 2.24) is 0 Å². The molecule has 2 amide bonds. The molecule has 4 rings (SSSR count). The predicted molar refractivity (Wildman–Crippen MR) is 127 cm³/mol. The number of aliphatic hydroxyl groups excluding tert-OH is 5. The molecule has 1 spiro atoms. The second-order valence-corrected chi connectivity index (χ2v) is 14.1. The van der Waals surface area contributed by atoms with E-state index in [4.69, 9.17) is 9.47 Å². The molecule has 0 bridgehead atoms. The molecule has 13 heteroatoms. The fraction of sp³-hybridized carbons (Fsp3) is 0.652. The van der Waals surface area contributed by atoms with Crippen molar-refractivity contribution in [2.75, 3.05) is 23.9 Å². The van der Waals surface area contributed by atoms with Crippen molar-refractivity contribution < 1.29 is 48.7 Å². The van der Waals surface area contributed by atoms with Gasteiger partial charge in [-0.1, -0.05) is 6.92 Å². The van der Waals surface area contributed by atoms with E-state index in [1.54, 1.807) is 33.1 Å². The number of halogens is 1. The number of aliphatic hydroxyl groups is 5. The molecule has 36 heavy (non-hydrogen) atoms. The number of rotatable bonds is 5. The number of nitrogens with one attached hydrogen (secondary N) is 1. The quantitative estimate of drug-likeness (QED) is 0.219. The van der Waals surface area contributed by atoms with E-state index in [0.717, 1.165) is 0 Å². The molecular weight excluding hydrogens is 495 g/mol. The Labute approximate surface area is 208 Å². The number of anilines is 2. The van der Waals surface area contributed by atoms with Gasteiger partial charge in [0.2, 0.25) is 8.41 Å². The van der Waals surface area contributed by atoms with E-state index in [1.807, 2.05) is 0 Å². The molecule has 3 heterocycles. The van der Waals surface area contributed by atoms with Gasteiger partial charge in [-0.25, -0.2) is 0 Å². The Hall–Kier alpha value is -1.97. The third-order valence-corrected chi connectivity index (χ3v) is 10.1. The van der Waals surface area contributed by atoms with Crippen LogP contribution < -0.4 is 10.2 Å². The van der Waals surface area contributed by atoms with Crippen LogP contribution in [0, 0.1) is 5.92 Å². The Morgan fingerprint density at radius 2 is 1.86 bits per heavy atom. The monoisotopic (exact) mass is 528 g/mol. The van der Waals surface area contributed by atoms with E-state index in [9.17, 15) is 35.1 Å². The second kappa shape index (κ2) is 9.40. The SMILES string of the molecule is C[C@H]1[C@H]([Si](C)(C)F)[C@@H](CCO)O[C@]12C(=O)N(C)c1ccc(NC(=O)[C@H]3O[C@@H](O)[C@H](O)[C@@H](O)[C@@H]3O)cc12. The van der Waals surface area contributed by atoms with Crippen molar-refractivity contribution in [2.24, 2.45) is 5.92 Å². The first-order valence-corrected chi connectivity index (χ1v) is 14.8. The molecule has 0 aromatic heterocycles. The average molecular weight is 529 g/mol. The number of amides is 2. The van der Waals surface area contributed by atoms with Crippen molar-refractivity contribution >= 4 is 31.6 Å². The smallest absolute Gasteiger partial charge is 0.264 e. The Morgan fingerprint density at radius 1 is 1.19 bits per heavy atom. The lowest BCUT2D eigenvalue weighted by molar-refractivity contribution is -0.274. The maximum Gasteiger partial charge on any atom is 0.264 e. The number of nitrogens with zero attached hydrogens (tertiary/aromatic N) is 1. The highest BCUT2D eigenvalue weighted by atomic mass is 28.4. The van der Waals surface area contributed by atoms with Gasteiger partial charge in [0.1, 0.15) is 18.3 Å². The van der Waals surface area contributed by atoms with E-state index in [-0.39, 0.29) is 24.6 Å². The summed E-state index contributed by atoms with van der Waals surface area (Å²) in [4.78, 5) is 27.8. The van der Waals surface area contributed by atoms with Crippen molar-refractivity contribution in [2.45, 2.75) is 74.4 Å². The Kier molecular flexibility index (Phi) is 7.07. The summed E-state index contributed by atoms with van der Waals surface area (Å²) in [7, 11) is -1.75. The molecule has 6 N–H and O–H groups in total.